The third kappa shape index (κ3) is 8.35. The van der Waals surface area contributed by atoms with Gasteiger partial charge in [0.2, 0.25) is 5.91 Å². The van der Waals surface area contributed by atoms with Crippen LogP contribution < -0.4 is 21.7 Å². The van der Waals surface area contributed by atoms with Crippen LogP contribution in [0, 0.1) is 5.92 Å². The van der Waals surface area contributed by atoms with E-state index in [-0.39, 0.29) is 16.7 Å². The number of carbonyl (C=O) groups is 3. The Labute approximate surface area is 233 Å². The molecule has 0 bridgehead atoms. The molecule has 0 spiro atoms. The van der Waals surface area contributed by atoms with Crippen molar-refractivity contribution < 1.29 is 41.1 Å². The lowest BCUT2D eigenvalue weighted by Gasteiger charge is -2.35. The minimum absolute atomic E-state index is 0.157. The first-order valence-corrected chi connectivity index (χ1v) is 15.0. The fourth-order valence-corrected chi connectivity index (χ4v) is 6.56. The first-order chi connectivity index (χ1) is 18.7. The van der Waals surface area contributed by atoms with Crippen LogP contribution in [0.1, 0.15) is 35.2 Å². The number of alkyl halides is 3. The van der Waals surface area contributed by atoms with Crippen molar-refractivity contribution in [1.82, 2.24) is 10.6 Å². The summed E-state index contributed by atoms with van der Waals surface area (Å²) in [5, 5.41) is 15.7. The molecule has 0 aliphatic heterocycles. The molecule has 218 valence electrons. The molecule has 1 aliphatic carbocycles. The van der Waals surface area contributed by atoms with Crippen LogP contribution in [0.5, 0.6) is 0 Å². The Morgan fingerprint density at radius 3 is 2.38 bits per heavy atom. The molecule has 10 nitrogen and oxygen atoms in total. The second-order valence-electron chi connectivity index (χ2n) is 9.34. The molecule has 2 aromatic rings. The number of benzene rings is 2. The highest BCUT2D eigenvalue weighted by Gasteiger charge is 2.35. The molecule has 0 radical (unpaired) electrons. The Balaban J connectivity index is 1.69. The van der Waals surface area contributed by atoms with E-state index in [1.165, 1.54) is 23.9 Å². The molecule has 3 amide bonds. The number of carboxylic acid groups (broad SMARTS) is 1. The molecule has 0 unspecified atom stereocenters. The molecule has 0 heterocycles. The fraction of sp³-hybridized carbons (Fsp3) is 0.400. The van der Waals surface area contributed by atoms with Crippen LogP contribution in [-0.4, -0.2) is 62.1 Å². The predicted octanol–water partition coefficient (Wildman–Crippen LogP) is 3.33. The van der Waals surface area contributed by atoms with E-state index in [2.05, 4.69) is 10.6 Å². The van der Waals surface area contributed by atoms with Gasteiger partial charge in [0.1, 0.15) is 0 Å². The third-order valence-electron chi connectivity index (χ3n) is 6.48. The van der Waals surface area contributed by atoms with Gasteiger partial charge in [-0.25, -0.2) is 13.2 Å². The van der Waals surface area contributed by atoms with E-state index in [0.717, 1.165) is 11.0 Å². The van der Waals surface area contributed by atoms with Crippen LogP contribution in [0.2, 0.25) is 0 Å². The van der Waals surface area contributed by atoms with Gasteiger partial charge in [-0.1, -0.05) is 0 Å². The van der Waals surface area contributed by atoms with E-state index >= 15 is 0 Å². The quantitative estimate of drug-likeness (QED) is 0.273. The van der Waals surface area contributed by atoms with Gasteiger partial charge in [-0.05, 0) is 73.9 Å². The highest BCUT2D eigenvalue weighted by molar-refractivity contribution is 7.98. The lowest BCUT2D eigenvalue weighted by atomic mass is 9.83. The van der Waals surface area contributed by atoms with E-state index in [0.29, 0.717) is 31.4 Å². The smallest absolute Gasteiger partial charge is 0.416 e. The van der Waals surface area contributed by atoms with Crippen molar-refractivity contribution >= 4 is 45.2 Å². The summed E-state index contributed by atoms with van der Waals surface area (Å²) in [4.78, 5) is 37.4. The molecule has 0 aromatic heterocycles. The molecule has 1 saturated carbocycles. The van der Waals surface area contributed by atoms with E-state index in [1.807, 2.05) is 11.6 Å². The molecule has 2 aromatic carbocycles. The number of anilines is 1. The second kappa shape index (κ2) is 12.9. The van der Waals surface area contributed by atoms with E-state index in [1.54, 1.807) is 12.1 Å². The number of amides is 3. The summed E-state index contributed by atoms with van der Waals surface area (Å²) in [7, 11) is -3.68. The Bertz CT molecular complexity index is 1350. The normalized spacial score (nSPS) is 19.5. The standard InChI is InChI=1S/C25H29F3N4O6S2/c1-39-17-5-7-18(8-6-17)40(37,38)13-14-2-4-16(29)11-21(14)31-22(33)12-30-23(34)19-10-15(25(26,27)28)3-9-20(19)32-24(35)36/h3,5-10,14,16,21,32H,2,4,11-13,29H2,1H3,(H,30,34)(H,31,33)(H,35,36)/t14-,16+,21-/m0/s1. The molecule has 3 rings (SSSR count). The maximum atomic E-state index is 13.1. The van der Waals surface area contributed by atoms with Gasteiger partial charge in [0, 0.05) is 17.0 Å². The topological polar surface area (TPSA) is 168 Å². The SMILES string of the molecule is CSc1ccc(S(=O)(=O)C[C@@H]2CC[C@@H](N)C[C@@H]2NC(=O)CNC(=O)c2cc(C(F)(F)F)ccc2NC(=O)O)cc1. The van der Waals surface area contributed by atoms with E-state index < -0.39 is 69.2 Å². The third-order valence-corrected chi connectivity index (χ3v) is 9.08. The van der Waals surface area contributed by atoms with E-state index in [9.17, 15) is 36.0 Å². The first-order valence-electron chi connectivity index (χ1n) is 12.1. The van der Waals surface area contributed by atoms with Gasteiger partial charge in [-0.3, -0.25) is 14.9 Å². The lowest BCUT2D eigenvalue weighted by Crippen LogP contribution is -2.51. The van der Waals surface area contributed by atoms with E-state index in [4.69, 9.17) is 10.8 Å². The lowest BCUT2D eigenvalue weighted by molar-refractivity contribution is -0.137. The van der Waals surface area contributed by atoms with Crippen molar-refractivity contribution in [3.63, 3.8) is 0 Å². The first kappa shape index (κ1) is 31.2. The van der Waals surface area contributed by atoms with Crippen LogP contribution in [0.3, 0.4) is 0 Å². The van der Waals surface area contributed by atoms with Gasteiger partial charge in [0.05, 0.1) is 34.0 Å². The summed E-state index contributed by atoms with van der Waals surface area (Å²) in [6.45, 7) is -0.650. The fourth-order valence-electron chi connectivity index (χ4n) is 4.45. The molecule has 40 heavy (non-hydrogen) atoms. The summed E-state index contributed by atoms with van der Waals surface area (Å²) >= 11 is 1.48. The summed E-state index contributed by atoms with van der Waals surface area (Å²) in [6, 6.07) is 7.46. The maximum absolute atomic E-state index is 13.1. The molecular formula is C25H29F3N4O6S2. The molecule has 1 fully saturated rings. The Kier molecular flexibility index (Phi) is 10.1. The van der Waals surface area contributed by atoms with Crippen LogP contribution in [-0.2, 0) is 20.8 Å². The van der Waals surface area contributed by atoms with Crippen molar-refractivity contribution in [1.29, 1.82) is 0 Å². The zero-order chi connectivity index (χ0) is 29.7. The molecule has 15 heteroatoms. The summed E-state index contributed by atoms with van der Waals surface area (Å²) in [5.41, 5.74) is 3.86. The molecule has 3 atom stereocenters. The number of carbonyl (C=O) groups excluding carboxylic acids is 2. The van der Waals surface area contributed by atoms with Crippen LogP contribution >= 0.6 is 11.8 Å². The van der Waals surface area contributed by atoms with Crippen molar-refractivity contribution in [2.45, 2.75) is 47.3 Å². The Hall–Kier alpha value is -3.30. The number of hydrogen-bond acceptors (Lipinski definition) is 7. The highest BCUT2D eigenvalue weighted by atomic mass is 32.2. The molecule has 0 saturated heterocycles. The van der Waals surface area contributed by atoms with Gasteiger partial charge < -0.3 is 21.5 Å². The second-order valence-corrected chi connectivity index (χ2v) is 12.2. The van der Waals surface area contributed by atoms with Crippen LogP contribution in [0.25, 0.3) is 0 Å². The van der Waals surface area contributed by atoms with Gasteiger partial charge in [-0.2, -0.15) is 13.2 Å². The number of sulfone groups is 1. The van der Waals surface area contributed by atoms with Crippen LogP contribution in [0.4, 0.5) is 23.7 Å². The summed E-state index contributed by atoms with van der Waals surface area (Å²) in [5.74, 6) is -2.51. The largest absolute Gasteiger partial charge is 0.465 e. The number of rotatable bonds is 9. The van der Waals surface area contributed by atoms with Gasteiger partial charge in [0.15, 0.2) is 9.84 Å². The number of halogens is 3. The van der Waals surface area contributed by atoms with Crippen molar-refractivity contribution in [2.24, 2.45) is 11.7 Å². The Morgan fingerprint density at radius 2 is 1.77 bits per heavy atom. The number of nitrogens with one attached hydrogen (secondary N) is 3. The molecular weight excluding hydrogens is 573 g/mol. The van der Waals surface area contributed by atoms with Crippen molar-refractivity contribution in [3.8, 4) is 0 Å². The van der Waals surface area contributed by atoms with Crippen LogP contribution in [0.15, 0.2) is 52.3 Å². The minimum atomic E-state index is -4.79. The zero-order valence-corrected chi connectivity index (χ0v) is 23.0. The minimum Gasteiger partial charge on any atom is -0.465 e. The average Bonchev–Trinajstić information content (AvgIpc) is 2.88. The highest BCUT2D eigenvalue weighted by Crippen LogP contribution is 2.32. The van der Waals surface area contributed by atoms with Gasteiger partial charge >= 0.3 is 12.3 Å². The number of nitrogens with two attached hydrogens (primary N) is 1. The number of thioether (sulfide) groups is 1. The monoisotopic (exact) mass is 602 g/mol. The Morgan fingerprint density at radius 1 is 1.10 bits per heavy atom. The number of hydrogen-bond donors (Lipinski definition) is 5. The van der Waals surface area contributed by atoms with Crippen molar-refractivity contribution in [3.05, 3.63) is 53.6 Å². The molecule has 6 N–H and O–H groups in total. The summed E-state index contributed by atoms with van der Waals surface area (Å²) in [6.07, 6.45) is -3.22. The zero-order valence-electron chi connectivity index (χ0n) is 21.3. The maximum Gasteiger partial charge on any atom is 0.416 e. The molecule has 1 aliphatic rings. The average molecular weight is 603 g/mol. The predicted molar refractivity (Wildman–Crippen MR) is 143 cm³/mol. The van der Waals surface area contributed by atoms with Crippen molar-refractivity contribution in [2.75, 3.05) is 23.9 Å². The summed E-state index contributed by atoms with van der Waals surface area (Å²) < 4.78 is 65.5. The van der Waals surface area contributed by atoms with Gasteiger partial charge in [0.25, 0.3) is 5.91 Å². The van der Waals surface area contributed by atoms with Gasteiger partial charge in [-0.15, -0.1) is 11.8 Å².